The van der Waals surface area contributed by atoms with Crippen LogP contribution in [0.2, 0.25) is 5.02 Å². The molecular weight excluding hydrogens is 234 g/mol. The first-order valence-corrected chi connectivity index (χ1v) is 6.45. The molecule has 0 atom stereocenters. The van der Waals surface area contributed by atoms with Crippen molar-refractivity contribution < 1.29 is 0 Å². The molecule has 0 unspecified atom stereocenters. The van der Waals surface area contributed by atoms with Crippen LogP contribution in [0.25, 0.3) is 11.0 Å². The number of likely N-dealkylation sites (N-methyl/N-ethyl adjacent to an activating group) is 1. The van der Waals surface area contributed by atoms with Crippen molar-refractivity contribution in [1.29, 1.82) is 0 Å². The Balaban J connectivity index is 2.16. The number of hydrogen-bond donors (Lipinski definition) is 0. The summed E-state index contributed by atoms with van der Waals surface area (Å²) in [6, 6.07) is 5.82. The average molecular weight is 252 g/mol. The van der Waals surface area contributed by atoms with E-state index in [1.807, 2.05) is 24.5 Å². The van der Waals surface area contributed by atoms with E-state index >= 15 is 0 Å². The molecule has 92 valence electrons. The van der Waals surface area contributed by atoms with E-state index < -0.39 is 0 Å². The molecule has 0 bridgehead atoms. The summed E-state index contributed by atoms with van der Waals surface area (Å²) in [6.07, 6.45) is 1.89. The summed E-state index contributed by atoms with van der Waals surface area (Å²) < 4.78 is 2.17. The van der Waals surface area contributed by atoms with Gasteiger partial charge in [-0.15, -0.1) is 0 Å². The maximum Gasteiger partial charge on any atom is 0.0958 e. The number of aromatic nitrogens is 2. The Bertz CT molecular complexity index is 488. The Morgan fingerprint density at radius 1 is 1.29 bits per heavy atom. The molecule has 0 spiro atoms. The predicted octanol–water partition coefficient (Wildman–Crippen LogP) is 3.03. The lowest BCUT2D eigenvalue weighted by Gasteiger charge is -2.18. The van der Waals surface area contributed by atoms with Gasteiger partial charge in [-0.2, -0.15) is 0 Å². The second-order valence-electron chi connectivity index (χ2n) is 4.10. The zero-order valence-electron chi connectivity index (χ0n) is 10.4. The molecule has 0 amide bonds. The monoisotopic (exact) mass is 251 g/mol. The Labute approximate surface area is 107 Å². The van der Waals surface area contributed by atoms with Gasteiger partial charge in [0, 0.05) is 18.1 Å². The number of hydrogen-bond acceptors (Lipinski definition) is 2. The van der Waals surface area contributed by atoms with Gasteiger partial charge < -0.3 is 9.47 Å². The maximum absolute atomic E-state index is 6.01. The fourth-order valence-corrected chi connectivity index (χ4v) is 2.16. The summed E-state index contributed by atoms with van der Waals surface area (Å²) >= 11 is 6.01. The third kappa shape index (κ3) is 2.79. The molecule has 17 heavy (non-hydrogen) atoms. The number of nitrogens with zero attached hydrogens (tertiary/aromatic N) is 3. The first-order chi connectivity index (χ1) is 8.24. The van der Waals surface area contributed by atoms with E-state index in [0.717, 1.165) is 42.2 Å². The van der Waals surface area contributed by atoms with Crippen LogP contribution in [0.1, 0.15) is 13.8 Å². The number of rotatable bonds is 5. The van der Waals surface area contributed by atoms with Crippen molar-refractivity contribution >= 4 is 22.6 Å². The quantitative estimate of drug-likeness (QED) is 0.815. The van der Waals surface area contributed by atoms with Gasteiger partial charge in [-0.05, 0) is 31.3 Å². The lowest BCUT2D eigenvalue weighted by molar-refractivity contribution is 0.292. The summed E-state index contributed by atoms with van der Waals surface area (Å²) in [7, 11) is 0. The second-order valence-corrected chi connectivity index (χ2v) is 4.53. The maximum atomic E-state index is 6.01. The summed E-state index contributed by atoms with van der Waals surface area (Å²) in [5.41, 5.74) is 2.12. The van der Waals surface area contributed by atoms with Gasteiger partial charge in [-0.1, -0.05) is 25.4 Å². The molecule has 0 fully saturated rings. The summed E-state index contributed by atoms with van der Waals surface area (Å²) in [6.45, 7) is 8.55. The third-order valence-corrected chi connectivity index (χ3v) is 3.37. The molecule has 2 rings (SSSR count). The molecule has 0 saturated carbocycles. The van der Waals surface area contributed by atoms with Gasteiger partial charge in [0.25, 0.3) is 0 Å². The van der Waals surface area contributed by atoms with Crippen LogP contribution in [-0.2, 0) is 6.54 Å². The van der Waals surface area contributed by atoms with Crippen LogP contribution < -0.4 is 0 Å². The fraction of sp³-hybridized carbons (Fsp3) is 0.462. The molecule has 1 aromatic heterocycles. The standard InChI is InChI=1S/C13H18ClN3/c1-3-16(4-2)7-8-17-10-15-12-6-5-11(14)9-13(12)17/h5-6,9-10H,3-4,7-8H2,1-2H3. The lowest BCUT2D eigenvalue weighted by atomic mass is 10.3. The Morgan fingerprint density at radius 2 is 2.06 bits per heavy atom. The zero-order chi connectivity index (χ0) is 12.3. The van der Waals surface area contributed by atoms with E-state index in [2.05, 4.69) is 28.3 Å². The van der Waals surface area contributed by atoms with E-state index in [9.17, 15) is 0 Å². The van der Waals surface area contributed by atoms with E-state index in [4.69, 9.17) is 11.6 Å². The molecule has 0 saturated heterocycles. The molecule has 2 aromatic rings. The van der Waals surface area contributed by atoms with Gasteiger partial charge in [-0.3, -0.25) is 0 Å². The van der Waals surface area contributed by atoms with Crippen molar-refractivity contribution in [3.63, 3.8) is 0 Å². The molecule has 0 N–H and O–H groups in total. The van der Waals surface area contributed by atoms with Crippen LogP contribution in [-0.4, -0.2) is 34.1 Å². The van der Waals surface area contributed by atoms with Crippen LogP contribution >= 0.6 is 11.6 Å². The highest BCUT2D eigenvalue weighted by Crippen LogP contribution is 2.18. The molecule has 0 aliphatic carbocycles. The molecule has 0 aliphatic heterocycles. The number of imidazole rings is 1. The number of halogens is 1. The molecule has 0 radical (unpaired) electrons. The fourth-order valence-electron chi connectivity index (χ4n) is 2.00. The lowest BCUT2D eigenvalue weighted by Crippen LogP contribution is -2.26. The Kier molecular flexibility index (Phi) is 4.02. The van der Waals surface area contributed by atoms with E-state index in [1.165, 1.54) is 0 Å². The van der Waals surface area contributed by atoms with E-state index in [0.29, 0.717) is 0 Å². The zero-order valence-corrected chi connectivity index (χ0v) is 11.1. The molecule has 4 heteroatoms. The van der Waals surface area contributed by atoms with Crippen LogP contribution in [0.5, 0.6) is 0 Å². The minimum atomic E-state index is 0.766. The summed E-state index contributed by atoms with van der Waals surface area (Å²) in [4.78, 5) is 6.77. The molecule has 3 nitrogen and oxygen atoms in total. The van der Waals surface area contributed by atoms with Gasteiger partial charge in [0.05, 0.1) is 17.4 Å². The van der Waals surface area contributed by atoms with Gasteiger partial charge in [0.15, 0.2) is 0 Å². The van der Waals surface area contributed by atoms with Gasteiger partial charge in [0.1, 0.15) is 0 Å². The minimum Gasteiger partial charge on any atom is -0.329 e. The van der Waals surface area contributed by atoms with Crippen molar-refractivity contribution in [2.75, 3.05) is 19.6 Å². The van der Waals surface area contributed by atoms with Crippen LogP contribution in [0.4, 0.5) is 0 Å². The van der Waals surface area contributed by atoms with Gasteiger partial charge in [0.2, 0.25) is 0 Å². The van der Waals surface area contributed by atoms with Crippen LogP contribution in [0.15, 0.2) is 24.5 Å². The van der Waals surface area contributed by atoms with E-state index in [1.54, 1.807) is 0 Å². The van der Waals surface area contributed by atoms with Crippen molar-refractivity contribution in [2.45, 2.75) is 20.4 Å². The van der Waals surface area contributed by atoms with Crippen LogP contribution in [0, 0.1) is 0 Å². The number of fused-ring (bicyclic) bond motifs is 1. The van der Waals surface area contributed by atoms with Crippen molar-refractivity contribution in [3.05, 3.63) is 29.5 Å². The average Bonchev–Trinajstić information content (AvgIpc) is 2.73. The van der Waals surface area contributed by atoms with E-state index in [-0.39, 0.29) is 0 Å². The highest BCUT2D eigenvalue weighted by molar-refractivity contribution is 6.31. The third-order valence-electron chi connectivity index (χ3n) is 3.13. The van der Waals surface area contributed by atoms with Gasteiger partial charge in [-0.25, -0.2) is 4.98 Å². The smallest absolute Gasteiger partial charge is 0.0958 e. The van der Waals surface area contributed by atoms with Crippen molar-refractivity contribution in [2.24, 2.45) is 0 Å². The minimum absolute atomic E-state index is 0.766. The largest absolute Gasteiger partial charge is 0.329 e. The highest BCUT2D eigenvalue weighted by atomic mass is 35.5. The summed E-state index contributed by atoms with van der Waals surface area (Å²) in [5.74, 6) is 0. The first-order valence-electron chi connectivity index (χ1n) is 6.07. The molecule has 1 heterocycles. The molecule has 0 aliphatic rings. The molecular formula is C13H18ClN3. The summed E-state index contributed by atoms with van der Waals surface area (Å²) in [5, 5.41) is 0.766. The van der Waals surface area contributed by atoms with Crippen molar-refractivity contribution in [1.82, 2.24) is 14.5 Å². The number of benzene rings is 1. The predicted molar refractivity (Wildman–Crippen MR) is 72.5 cm³/mol. The SMILES string of the molecule is CCN(CC)CCn1cnc2ccc(Cl)cc21. The normalized spacial score (nSPS) is 11.5. The topological polar surface area (TPSA) is 21.1 Å². The first kappa shape index (κ1) is 12.4. The van der Waals surface area contributed by atoms with Gasteiger partial charge >= 0.3 is 0 Å². The second kappa shape index (κ2) is 5.52. The van der Waals surface area contributed by atoms with Crippen molar-refractivity contribution in [3.8, 4) is 0 Å². The highest BCUT2D eigenvalue weighted by Gasteiger charge is 2.04. The Morgan fingerprint density at radius 3 is 2.76 bits per heavy atom. The Hall–Kier alpha value is -1.06. The van der Waals surface area contributed by atoms with Crippen LogP contribution in [0.3, 0.4) is 0 Å². The molecule has 1 aromatic carbocycles.